The van der Waals surface area contributed by atoms with Gasteiger partial charge in [0, 0.05) is 26.8 Å². The molecule has 1 atom stereocenters. The average Bonchev–Trinajstić information content (AvgIpc) is 3.14. The molecule has 0 spiro atoms. The van der Waals surface area contributed by atoms with E-state index in [1.54, 1.807) is 37.3 Å². The minimum atomic E-state index is -0.422. The molecule has 1 aliphatic heterocycles. The van der Waals surface area contributed by atoms with E-state index in [2.05, 4.69) is 25.1 Å². The Morgan fingerprint density at radius 1 is 1.18 bits per heavy atom. The maximum Gasteiger partial charge on any atom is 0.263 e. The molecule has 1 aliphatic rings. The van der Waals surface area contributed by atoms with Crippen molar-refractivity contribution in [2.24, 2.45) is 0 Å². The zero-order chi connectivity index (χ0) is 20.4. The molecule has 3 rings (SSSR count). The van der Waals surface area contributed by atoms with Gasteiger partial charge in [-0.2, -0.15) is 0 Å². The Kier molecular flexibility index (Phi) is 5.68. The molecule has 6 heteroatoms. The highest BCUT2D eigenvalue weighted by Gasteiger charge is 2.32. The quantitative estimate of drug-likeness (QED) is 0.818. The molecule has 0 aliphatic carbocycles. The van der Waals surface area contributed by atoms with Crippen LogP contribution >= 0.6 is 0 Å². The number of aryl methyl sites for hydroxylation is 2. The number of rotatable bonds is 4. The number of likely N-dealkylation sites (N-methyl/N-ethyl adjacent to an activating group) is 1. The minimum Gasteiger partial charge on any atom is -0.347 e. The molecule has 1 aromatic carbocycles. The van der Waals surface area contributed by atoms with Gasteiger partial charge in [-0.3, -0.25) is 14.4 Å². The molecule has 1 aromatic heterocycles. The Hall–Kier alpha value is -2.89. The summed E-state index contributed by atoms with van der Waals surface area (Å²) >= 11 is 0. The molecule has 28 heavy (non-hydrogen) atoms. The van der Waals surface area contributed by atoms with Crippen LogP contribution in [-0.2, 0) is 11.3 Å². The third-order valence-electron chi connectivity index (χ3n) is 5.36. The highest BCUT2D eigenvalue weighted by molar-refractivity contribution is 5.94. The van der Waals surface area contributed by atoms with Crippen molar-refractivity contribution in [2.75, 3.05) is 20.6 Å². The van der Waals surface area contributed by atoms with Crippen LogP contribution in [0.5, 0.6) is 0 Å². The molecule has 0 N–H and O–H groups in total. The largest absolute Gasteiger partial charge is 0.347 e. The second-order valence-corrected chi connectivity index (χ2v) is 7.66. The van der Waals surface area contributed by atoms with Crippen molar-refractivity contribution in [3.8, 4) is 0 Å². The molecule has 6 nitrogen and oxygen atoms in total. The molecule has 0 radical (unpaired) electrons. The van der Waals surface area contributed by atoms with Crippen LogP contribution in [0.25, 0.3) is 0 Å². The summed E-state index contributed by atoms with van der Waals surface area (Å²) < 4.78 is 1.30. The third-order valence-corrected chi connectivity index (χ3v) is 5.36. The topological polar surface area (TPSA) is 62.6 Å². The smallest absolute Gasteiger partial charge is 0.263 e. The molecule has 2 aromatic rings. The number of hydrogen-bond acceptors (Lipinski definition) is 3. The van der Waals surface area contributed by atoms with Gasteiger partial charge >= 0.3 is 0 Å². The molecule has 0 saturated carbocycles. The number of hydrogen-bond donors (Lipinski definition) is 0. The molecule has 1 saturated heterocycles. The summed E-state index contributed by atoms with van der Waals surface area (Å²) in [6.07, 6.45) is 3.34. The first-order valence-corrected chi connectivity index (χ1v) is 9.57. The highest BCUT2D eigenvalue weighted by atomic mass is 16.2. The van der Waals surface area contributed by atoms with Gasteiger partial charge < -0.3 is 14.4 Å². The van der Waals surface area contributed by atoms with Crippen molar-refractivity contribution in [3.05, 3.63) is 69.1 Å². The van der Waals surface area contributed by atoms with Crippen LogP contribution in [0.15, 0.2) is 41.3 Å². The number of likely N-dealkylation sites (tertiary alicyclic amines) is 1. The zero-order valence-corrected chi connectivity index (χ0v) is 16.9. The summed E-state index contributed by atoms with van der Waals surface area (Å²) in [5.74, 6) is -0.457. The van der Waals surface area contributed by atoms with E-state index in [1.165, 1.54) is 9.47 Å². The molecular formula is C22H27N3O3. The molecule has 0 unspecified atom stereocenters. The maximum atomic E-state index is 13.2. The summed E-state index contributed by atoms with van der Waals surface area (Å²) in [6, 6.07) is 9.46. The van der Waals surface area contributed by atoms with Gasteiger partial charge in [0.15, 0.2) is 0 Å². The first-order valence-electron chi connectivity index (χ1n) is 9.57. The summed E-state index contributed by atoms with van der Waals surface area (Å²) in [7, 11) is 3.28. The van der Waals surface area contributed by atoms with Gasteiger partial charge in [0.2, 0.25) is 5.91 Å². The molecule has 148 valence electrons. The van der Waals surface area contributed by atoms with E-state index in [0.29, 0.717) is 6.54 Å². The van der Waals surface area contributed by atoms with Crippen LogP contribution in [0.2, 0.25) is 0 Å². The van der Waals surface area contributed by atoms with Crippen LogP contribution in [0.3, 0.4) is 0 Å². The number of aromatic nitrogens is 1. The van der Waals surface area contributed by atoms with Crippen molar-refractivity contribution in [1.82, 2.24) is 14.4 Å². The summed E-state index contributed by atoms with van der Waals surface area (Å²) in [6.45, 7) is 4.65. The minimum absolute atomic E-state index is 0.0242. The molecular weight excluding hydrogens is 354 g/mol. The van der Waals surface area contributed by atoms with Gasteiger partial charge in [0.05, 0.1) is 6.04 Å². The number of nitrogens with zero attached hydrogens (tertiary/aromatic N) is 3. The second kappa shape index (κ2) is 8.00. The van der Waals surface area contributed by atoms with Gasteiger partial charge in [-0.25, -0.2) is 0 Å². The van der Waals surface area contributed by atoms with Gasteiger partial charge in [-0.15, -0.1) is 0 Å². The van der Waals surface area contributed by atoms with Crippen molar-refractivity contribution >= 4 is 11.8 Å². The van der Waals surface area contributed by atoms with E-state index in [9.17, 15) is 14.4 Å². The number of carbonyl (C=O) groups is 2. The monoisotopic (exact) mass is 381 g/mol. The Morgan fingerprint density at radius 3 is 2.64 bits per heavy atom. The van der Waals surface area contributed by atoms with Crippen molar-refractivity contribution in [2.45, 2.75) is 39.3 Å². The summed E-state index contributed by atoms with van der Waals surface area (Å²) in [5, 5.41) is 0. The fourth-order valence-corrected chi connectivity index (χ4v) is 3.72. The molecule has 1 fully saturated rings. The van der Waals surface area contributed by atoms with Gasteiger partial charge in [-0.05, 0) is 49.9 Å². The van der Waals surface area contributed by atoms with E-state index in [1.807, 2.05) is 6.92 Å². The van der Waals surface area contributed by atoms with E-state index in [4.69, 9.17) is 0 Å². The lowest BCUT2D eigenvalue weighted by molar-refractivity contribution is -0.129. The van der Waals surface area contributed by atoms with E-state index in [-0.39, 0.29) is 30.0 Å². The van der Waals surface area contributed by atoms with Gasteiger partial charge in [-0.1, -0.05) is 23.8 Å². The number of amides is 2. The SMILES string of the molecule is Cc1ccc(C)c([C@@H]2CCCN2C(=O)c2cccn(CC(=O)N(C)C)c2=O)c1. The lowest BCUT2D eigenvalue weighted by Gasteiger charge is -2.26. The first-order chi connectivity index (χ1) is 13.3. The third kappa shape index (κ3) is 3.86. The van der Waals surface area contributed by atoms with Crippen molar-refractivity contribution in [3.63, 3.8) is 0 Å². The second-order valence-electron chi connectivity index (χ2n) is 7.66. The summed E-state index contributed by atoms with van der Waals surface area (Å²) in [4.78, 5) is 41.3. The number of benzene rings is 1. The van der Waals surface area contributed by atoms with E-state index >= 15 is 0 Å². The molecule has 0 bridgehead atoms. The van der Waals surface area contributed by atoms with Crippen molar-refractivity contribution < 1.29 is 9.59 Å². The fourth-order valence-electron chi connectivity index (χ4n) is 3.72. The lowest BCUT2D eigenvalue weighted by atomic mass is 9.97. The zero-order valence-electron chi connectivity index (χ0n) is 16.9. The first kappa shape index (κ1) is 19.9. The number of pyridine rings is 1. The standard InChI is InChI=1S/C22H27N3O3/c1-15-9-10-16(2)18(13-15)19-8-6-12-25(19)22(28)17-7-5-11-24(21(17)27)14-20(26)23(3)4/h5,7,9-11,13,19H,6,8,12,14H2,1-4H3/t19-/m0/s1. The van der Waals surface area contributed by atoms with Crippen LogP contribution in [0.4, 0.5) is 0 Å². The lowest BCUT2D eigenvalue weighted by Crippen LogP contribution is -2.38. The Labute approximate surface area is 165 Å². The van der Waals surface area contributed by atoms with Crippen LogP contribution in [0, 0.1) is 13.8 Å². The highest BCUT2D eigenvalue weighted by Crippen LogP contribution is 2.34. The van der Waals surface area contributed by atoms with Crippen LogP contribution in [0.1, 0.15) is 45.9 Å². The summed E-state index contributed by atoms with van der Waals surface area (Å²) in [5.41, 5.74) is 3.15. The average molecular weight is 381 g/mol. The Balaban J connectivity index is 1.92. The number of carbonyl (C=O) groups excluding carboxylic acids is 2. The predicted octanol–water partition coefficient (Wildman–Crippen LogP) is 2.53. The van der Waals surface area contributed by atoms with Crippen molar-refractivity contribution in [1.29, 1.82) is 0 Å². The normalized spacial score (nSPS) is 16.3. The van der Waals surface area contributed by atoms with Gasteiger partial charge in [0.25, 0.3) is 11.5 Å². The molecule has 2 amide bonds. The van der Waals surface area contributed by atoms with Crippen LogP contribution in [-0.4, -0.2) is 46.8 Å². The van der Waals surface area contributed by atoms with Crippen LogP contribution < -0.4 is 5.56 Å². The Morgan fingerprint density at radius 2 is 1.93 bits per heavy atom. The van der Waals surface area contributed by atoms with Gasteiger partial charge in [0.1, 0.15) is 12.1 Å². The predicted molar refractivity (Wildman–Crippen MR) is 108 cm³/mol. The van der Waals surface area contributed by atoms with E-state index in [0.717, 1.165) is 29.5 Å². The Bertz CT molecular complexity index is 962. The fraction of sp³-hybridized carbons (Fsp3) is 0.409. The molecule has 2 heterocycles. The maximum absolute atomic E-state index is 13.2. The van der Waals surface area contributed by atoms with E-state index < -0.39 is 5.56 Å².